The Labute approximate surface area is 141 Å². The van der Waals surface area contributed by atoms with Crippen LogP contribution in [0.4, 0.5) is 5.69 Å². The van der Waals surface area contributed by atoms with Gasteiger partial charge in [0.2, 0.25) is 0 Å². The summed E-state index contributed by atoms with van der Waals surface area (Å²) in [6.07, 6.45) is 1.22. The lowest BCUT2D eigenvalue weighted by molar-refractivity contribution is 0.122. The minimum absolute atomic E-state index is 0.300. The van der Waals surface area contributed by atoms with Crippen LogP contribution in [0.2, 0.25) is 0 Å². The summed E-state index contributed by atoms with van der Waals surface area (Å²) in [7, 11) is 0. The zero-order valence-corrected chi connectivity index (χ0v) is 14.9. The molecule has 0 aromatic heterocycles. The Bertz CT molecular complexity index is 503. The fourth-order valence-electron chi connectivity index (χ4n) is 3.45. The third kappa shape index (κ3) is 3.82. The van der Waals surface area contributed by atoms with E-state index in [1.54, 1.807) is 0 Å². The van der Waals surface area contributed by atoms with Gasteiger partial charge in [0.25, 0.3) is 0 Å². The van der Waals surface area contributed by atoms with E-state index in [0.29, 0.717) is 12.0 Å². The monoisotopic (exact) mass is 367 g/mol. The molecule has 22 heavy (non-hydrogen) atoms. The van der Waals surface area contributed by atoms with Crippen molar-refractivity contribution in [1.29, 1.82) is 0 Å². The number of anilines is 1. The molecule has 2 heterocycles. The maximum Gasteiger partial charge on any atom is 0.0642 e. The molecule has 2 unspecified atom stereocenters. The van der Waals surface area contributed by atoms with Crippen LogP contribution in [0.3, 0.4) is 0 Å². The standard InChI is InChI=1S/C17H26BrN3O/c1-13(19)14-4-5-20(11-14)12-15-2-3-16(18)10-17(15)21-6-8-22-9-7-21/h2-3,10,13-14H,4-9,11-12,19H2,1H3. The van der Waals surface area contributed by atoms with Crippen LogP contribution < -0.4 is 10.6 Å². The van der Waals surface area contributed by atoms with Crippen LogP contribution in [-0.4, -0.2) is 50.3 Å². The molecular formula is C17H26BrN3O. The van der Waals surface area contributed by atoms with Crippen molar-refractivity contribution >= 4 is 21.6 Å². The van der Waals surface area contributed by atoms with E-state index in [1.165, 1.54) is 17.7 Å². The number of hydrogen-bond acceptors (Lipinski definition) is 4. The molecule has 4 nitrogen and oxygen atoms in total. The van der Waals surface area contributed by atoms with Crippen molar-refractivity contribution in [2.75, 3.05) is 44.3 Å². The van der Waals surface area contributed by atoms with E-state index in [1.807, 2.05) is 0 Å². The highest BCUT2D eigenvalue weighted by molar-refractivity contribution is 9.10. The molecule has 1 aromatic carbocycles. The van der Waals surface area contributed by atoms with Gasteiger partial charge in [0.15, 0.2) is 0 Å². The molecule has 0 radical (unpaired) electrons. The SMILES string of the molecule is CC(N)C1CCN(Cc2ccc(Br)cc2N2CCOCC2)C1. The van der Waals surface area contributed by atoms with Gasteiger partial charge in [0, 0.05) is 42.4 Å². The average Bonchev–Trinajstić information content (AvgIpc) is 2.99. The summed E-state index contributed by atoms with van der Waals surface area (Å²) in [4.78, 5) is 4.99. The minimum Gasteiger partial charge on any atom is -0.378 e. The predicted molar refractivity (Wildman–Crippen MR) is 94.2 cm³/mol. The lowest BCUT2D eigenvalue weighted by Gasteiger charge is -2.31. The van der Waals surface area contributed by atoms with Gasteiger partial charge in [-0.15, -0.1) is 0 Å². The van der Waals surface area contributed by atoms with Crippen LogP contribution in [0.5, 0.6) is 0 Å². The van der Waals surface area contributed by atoms with Gasteiger partial charge in [-0.2, -0.15) is 0 Å². The lowest BCUT2D eigenvalue weighted by atomic mass is 10.0. The molecule has 1 aromatic rings. The second kappa shape index (κ2) is 7.30. The minimum atomic E-state index is 0.300. The largest absolute Gasteiger partial charge is 0.378 e. The quantitative estimate of drug-likeness (QED) is 0.887. The summed E-state index contributed by atoms with van der Waals surface area (Å²) in [5.41, 5.74) is 8.83. The fraction of sp³-hybridized carbons (Fsp3) is 0.647. The van der Waals surface area contributed by atoms with E-state index in [0.717, 1.165) is 50.4 Å². The van der Waals surface area contributed by atoms with Crippen molar-refractivity contribution in [2.45, 2.75) is 25.9 Å². The van der Waals surface area contributed by atoms with Gasteiger partial charge in [-0.25, -0.2) is 0 Å². The Balaban J connectivity index is 1.73. The fourth-order valence-corrected chi connectivity index (χ4v) is 3.79. The zero-order chi connectivity index (χ0) is 15.5. The van der Waals surface area contributed by atoms with Crippen molar-refractivity contribution in [3.05, 3.63) is 28.2 Å². The number of hydrogen-bond donors (Lipinski definition) is 1. The number of nitrogens with zero attached hydrogens (tertiary/aromatic N) is 2. The molecule has 0 bridgehead atoms. The van der Waals surface area contributed by atoms with E-state index in [4.69, 9.17) is 10.5 Å². The van der Waals surface area contributed by atoms with Crippen LogP contribution in [0.1, 0.15) is 18.9 Å². The van der Waals surface area contributed by atoms with Gasteiger partial charge in [-0.05, 0) is 43.5 Å². The second-order valence-corrected chi connectivity index (χ2v) is 7.43. The maximum absolute atomic E-state index is 6.06. The number of halogens is 1. The molecule has 0 spiro atoms. The van der Waals surface area contributed by atoms with E-state index in [9.17, 15) is 0 Å². The molecule has 3 rings (SSSR count). The number of nitrogens with two attached hydrogens (primary N) is 1. The molecule has 5 heteroatoms. The number of morpholine rings is 1. The summed E-state index contributed by atoms with van der Waals surface area (Å²) < 4.78 is 6.63. The number of ether oxygens (including phenoxy) is 1. The van der Waals surface area contributed by atoms with E-state index in [2.05, 4.69) is 50.9 Å². The van der Waals surface area contributed by atoms with Crippen molar-refractivity contribution < 1.29 is 4.74 Å². The summed E-state index contributed by atoms with van der Waals surface area (Å²) in [6, 6.07) is 6.96. The molecule has 2 aliphatic rings. The van der Waals surface area contributed by atoms with Crippen LogP contribution in [-0.2, 0) is 11.3 Å². The lowest BCUT2D eigenvalue weighted by Crippen LogP contribution is -2.37. The molecule has 122 valence electrons. The molecule has 2 N–H and O–H groups in total. The van der Waals surface area contributed by atoms with Crippen LogP contribution >= 0.6 is 15.9 Å². The Morgan fingerprint density at radius 3 is 2.77 bits per heavy atom. The number of likely N-dealkylation sites (tertiary alicyclic amines) is 1. The highest BCUT2D eigenvalue weighted by Crippen LogP contribution is 2.29. The average molecular weight is 368 g/mol. The first kappa shape index (κ1) is 16.2. The molecule has 2 aliphatic heterocycles. The van der Waals surface area contributed by atoms with Crippen molar-refractivity contribution in [3.8, 4) is 0 Å². The molecule has 2 fully saturated rings. The third-order valence-electron chi connectivity index (χ3n) is 4.85. The molecule has 0 aliphatic carbocycles. The van der Waals surface area contributed by atoms with Gasteiger partial charge < -0.3 is 15.4 Å². The normalized spacial score (nSPS) is 24.7. The van der Waals surface area contributed by atoms with Crippen molar-refractivity contribution in [3.63, 3.8) is 0 Å². The number of rotatable bonds is 4. The Kier molecular flexibility index (Phi) is 5.39. The second-order valence-electron chi connectivity index (χ2n) is 6.52. The van der Waals surface area contributed by atoms with Crippen molar-refractivity contribution in [1.82, 2.24) is 4.90 Å². The molecular weight excluding hydrogens is 342 g/mol. The smallest absolute Gasteiger partial charge is 0.0642 e. The Morgan fingerprint density at radius 1 is 1.32 bits per heavy atom. The first-order chi connectivity index (χ1) is 10.6. The predicted octanol–water partition coefficient (Wildman–Crippen LogP) is 2.45. The van der Waals surface area contributed by atoms with Gasteiger partial charge in [-0.3, -0.25) is 4.90 Å². The van der Waals surface area contributed by atoms with E-state index >= 15 is 0 Å². The summed E-state index contributed by atoms with van der Waals surface area (Å²) >= 11 is 3.62. The molecule has 0 amide bonds. The van der Waals surface area contributed by atoms with E-state index < -0.39 is 0 Å². The summed E-state index contributed by atoms with van der Waals surface area (Å²) in [5.74, 6) is 0.641. The van der Waals surface area contributed by atoms with Gasteiger partial charge >= 0.3 is 0 Å². The van der Waals surface area contributed by atoms with Gasteiger partial charge in [0.05, 0.1) is 13.2 Å². The Hall–Kier alpha value is -0.620. The number of benzene rings is 1. The third-order valence-corrected chi connectivity index (χ3v) is 5.34. The first-order valence-corrected chi connectivity index (χ1v) is 9.02. The zero-order valence-electron chi connectivity index (χ0n) is 13.3. The van der Waals surface area contributed by atoms with Crippen LogP contribution in [0.25, 0.3) is 0 Å². The van der Waals surface area contributed by atoms with Crippen LogP contribution in [0.15, 0.2) is 22.7 Å². The molecule has 2 atom stereocenters. The highest BCUT2D eigenvalue weighted by atomic mass is 79.9. The molecule has 0 saturated carbocycles. The van der Waals surface area contributed by atoms with Gasteiger partial charge in [0.1, 0.15) is 0 Å². The topological polar surface area (TPSA) is 41.7 Å². The van der Waals surface area contributed by atoms with Crippen molar-refractivity contribution in [2.24, 2.45) is 11.7 Å². The van der Waals surface area contributed by atoms with Crippen LogP contribution in [0, 0.1) is 5.92 Å². The molecule has 2 saturated heterocycles. The Morgan fingerprint density at radius 2 is 2.09 bits per heavy atom. The first-order valence-electron chi connectivity index (χ1n) is 8.22. The van der Waals surface area contributed by atoms with E-state index in [-0.39, 0.29) is 0 Å². The maximum atomic E-state index is 6.06. The summed E-state index contributed by atoms with van der Waals surface area (Å²) in [6.45, 7) is 9.03. The summed E-state index contributed by atoms with van der Waals surface area (Å²) in [5, 5.41) is 0. The van der Waals surface area contributed by atoms with Gasteiger partial charge in [-0.1, -0.05) is 22.0 Å². The highest BCUT2D eigenvalue weighted by Gasteiger charge is 2.26.